The smallest absolute Gasteiger partial charge is 0.352 e. The van der Waals surface area contributed by atoms with Gasteiger partial charge in [-0.15, -0.1) is 0 Å². The van der Waals surface area contributed by atoms with Crippen LogP contribution in [-0.4, -0.2) is 32.0 Å². The molecule has 0 saturated heterocycles. The Labute approximate surface area is 115 Å². The fraction of sp³-hybridized carbons (Fsp3) is 0.333. The van der Waals surface area contributed by atoms with Crippen LogP contribution in [0, 0.1) is 5.82 Å². The van der Waals surface area contributed by atoms with Crippen molar-refractivity contribution >= 4 is 13.4 Å². The molecule has 1 aliphatic rings. The number of nitrogens with zero attached hydrogens (tertiary/aromatic N) is 2. The summed E-state index contributed by atoms with van der Waals surface area (Å²) >= 11 is 0. The second-order valence-electron chi connectivity index (χ2n) is 4.03. The largest absolute Gasteiger partial charge is 0.381 e. The molecule has 1 aromatic rings. The molecule has 0 aliphatic carbocycles. The van der Waals surface area contributed by atoms with Crippen molar-refractivity contribution in [3.63, 3.8) is 0 Å². The van der Waals surface area contributed by atoms with Gasteiger partial charge in [0.15, 0.2) is 36.3 Å². The monoisotopic (exact) mass is 325 g/mol. The zero-order chi connectivity index (χ0) is 15.8. The van der Waals surface area contributed by atoms with E-state index < -0.39 is 49.6 Å². The van der Waals surface area contributed by atoms with Gasteiger partial charge in [0.1, 0.15) is 0 Å². The minimum absolute atomic E-state index is 0.498. The first-order valence-corrected chi connectivity index (χ1v) is 7.20. The van der Waals surface area contributed by atoms with E-state index in [0.717, 1.165) is 6.08 Å². The summed E-state index contributed by atoms with van der Waals surface area (Å²) in [4.78, 5) is 31.9. The van der Waals surface area contributed by atoms with Crippen LogP contribution in [0.15, 0.2) is 22.9 Å². The van der Waals surface area contributed by atoms with Gasteiger partial charge in [0, 0.05) is 6.08 Å². The first-order chi connectivity index (χ1) is 9.67. The predicted molar refractivity (Wildman–Crippen MR) is 64.0 cm³/mol. The lowest BCUT2D eigenvalue weighted by Gasteiger charge is -2.16. The third-order valence-corrected chi connectivity index (χ3v) is 2.87. The molecule has 0 radical (unpaired) electrons. The lowest BCUT2D eigenvalue weighted by Crippen LogP contribution is -2.30. The van der Waals surface area contributed by atoms with Gasteiger partial charge < -0.3 is 25.0 Å². The molecule has 0 spiro atoms. The van der Waals surface area contributed by atoms with Gasteiger partial charge in [-0.25, -0.2) is 13.6 Å². The average Bonchev–Trinajstić information content (AvgIpc) is 2.72. The first-order valence-electron chi connectivity index (χ1n) is 5.40. The van der Waals surface area contributed by atoms with Crippen molar-refractivity contribution in [1.29, 1.82) is 0 Å². The molecule has 0 fully saturated rings. The molecule has 0 saturated carbocycles. The summed E-state index contributed by atoms with van der Waals surface area (Å²) in [6.45, 7) is 0. The summed E-state index contributed by atoms with van der Waals surface area (Å²) in [6.07, 6.45) is -2.73. The number of ether oxygens (including phenoxy) is 2. The minimum atomic E-state index is -4.46. The molecule has 0 bridgehead atoms. The van der Waals surface area contributed by atoms with Crippen LogP contribution in [0.3, 0.4) is 0 Å². The van der Waals surface area contributed by atoms with Gasteiger partial charge in [-0.3, -0.25) is 9.13 Å². The Morgan fingerprint density at radius 1 is 1.52 bits per heavy atom. The third kappa shape index (κ3) is 3.71. The highest BCUT2D eigenvalue weighted by Crippen LogP contribution is 2.37. The van der Waals surface area contributed by atoms with Crippen LogP contribution in [0.1, 0.15) is 6.23 Å². The van der Waals surface area contributed by atoms with Crippen molar-refractivity contribution < 1.29 is 32.6 Å². The highest BCUT2D eigenvalue weighted by atomic mass is 31.2. The van der Waals surface area contributed by atoms with Crippen LogP contribution in [0.25, 0.3) is 0 Å². The summed E-state index contributed by atoms with van der Waals surface area (Å²) in [5.74, 6) is -2.70. The van der Waals surface area contributed by atoms with Gasteiger partial charge in [0.2, 0.25) is 0 Å². The zero-order valence-electron chi connectivity index (χ0n) is 10.2. The number of hydrogen-bond donors (Lipinski definition) is 3. The van der Waals surface area contributed by atoms with E-state index in [-0.39, 0.29) is 0 Å². The van der Waals surface area contributed by atoms with Crippen LogP contribution in [0.4, 0.5) is 14.6 Å². The average molecular weight is 325 g/mol. The maximum absolute atomic E-state index is 13.7. The molecular weight excluding hydrogens is 315 g/mol. The van der Waals surface area contributed by atoms with Crippen molar-refractivity contribution in [1.82, 2.24) is 9.55 Å². The summed E-state index contributed by atoms with van der Waals surface area (Å²) in [5.41, 5.74) is 4.03. The van der Waals surface area contributed by atoms with Crippen molar-refractivity contribution in [2.45, 2.75) is 12.5 Å². The summed E-state index contributed by atoms with van der Waals surface area (Å²) in [6, 6.07) is 0. The van der Waals surface area contributed by atoms with Gasteiger partial charge in [0.25, 0.3) is 0 Å². The highest BCUT2D eigenvalue weighted by molar-refractivity contribution is 7.51. The fourth-order valence-electron chi connectivity index (χ4n) is 1.53. The van der Waals surface area contributed by atoms with Crippen molar-refractivity contribution in [3.8, 4) is 0 Å². The molecule has 0 unspecified atom stereocenters. The van der Waals surface area contributed by atoms with E-state index in [2.05, 4.69) is 9.72 Å². The van der Waals surface area contributed by atoms with Gasteiger partial charge in [-0.05, 0) is 0 Å². The van der Waals surface area contributed by atoms with Crippen LogP contribution >= 0.6 is 7.60 Å². The van der Waals surface area contributed by atoms with Crippen molar-refractivity contribution in [2.75, 3.05) is 12.1 Å². The molecule has 2 heterocycles. The standard InChI is InChI=1S/C9H10F2N3O6P/c10-4-1-6(19-3-21(16,17)18)20-8(4)14-2-5(11)7(12)13-9(14)15/h1-2,6,8H,3H2,(H2,12,13,15)(H2,16,17,18)/t6-,8+/m0/s1. The van der Waals surface area contributed by atoms with Gasteiger partial charge >= 0.3 is 13.3 Å². The molecule has 21 heavy (non-hydrogen) atoms. The second kappa shape index (κ2) is 5.62. The van der Waals surface area contributed by atoms with Crippen LogP contribution < -0.4 is 11.4 Å². The third-order valence-electron chi connectivity index (χ3n) is 2.39. The van der Waals surface area contributed by atoms with Gasteiger partial charge in [-0.1, -0.05) is 0 Å². The Hall–Kier alpha value is -1.65. The summed E-state index contributed by atoms with van der Waals surface area (Å²) in [5, 5.41) is 0. The molecule has 0 amide bonds. The molecule has 1 aromatic heterocycles. The van der Waals surface area contributed by atoms with E-state index in [0.29, 0.717) is 10.8 Å². The first kappa shape index (κ1) is 15.7. The molecule has 0 aromatic carbocycles. The lowest BCUT2D eigenvalue weighted by molar-refractivity contribution is -0.132. The number of rotatable bonds is 4. The van der Waals surface area contributed by atoms with Crippen LogP contribution in [0.2, 0.25) is 0 Å². The Kier molecular flexibility index (Phi) is 4.21. The van der Waals surface area contributed by atoms with E-state index in [1.165, 1.54) is 0 Å². The molecule has 9 nitrogen and oxygen atoms in total. The molecule has 12 heteroatoms. The Balaban J connectivity index is 2.17. The van der Waals surface area contributed by atoms with Gasteiger partial charge in [0.05, 0.1) is 6.20 Å². The van der Waals surface area contributed by atoms with E-state index in [4.69, 9.17) is 20.3 Å². The normalized spacial score (nSPS) is 22.4. The Bertz CT molecular complexity index is 687. The summed E-state index contributed by atoms with van der Waals surface area (Å²) < 4.78 is 47.6. The number of nitrogens with two attached hydrogens (primary N) is 1. The topological polar surface area (TPSA) is 137 Å². The number of anilines is 1. The fourth-order valence-corrected chi connectivity index (χ4v) is 1.87. The maximum Gasteiger partial charge on any atom is 0.352 e. The van der Waals surface area contributed by atoms with Crippen molar-refractivity contribution in [3.05, 3.63) is 34.4 Å². The highest BCUT2D eigenvalue weighted by Gasteiger charge is 2.32. The SMILES string of the molecule is Nc1nc(=O)n([C@@H]2O[C@H](OCP(=O)(O)O)C=C2F)cc1F. The van der Waals surface area contributed by atoms with Gasteiger partial charge in [-0.2, -0.15) is 4.98 Å². The Morgan fingerprint density at radius 2 is 2.19 bits per heavy atom. The number of hydrogen-bond acceptors (Lipinski definition) is 6. The zero-order valence-corrected chi connectivity index (χ0v) is 11.1. The lowest BCUT2D eigenvalue weighted by atomic mass is 10.4. The van der Waals surface area contributed by atoms with E-state index in [1.807, 2.05) is 0 Å². The van der Waals surface area contributed by atoms with Crippen molar-refractivity contribution in [2.24, 2.45) is 0 Å². The second-order valence-corrected chi connectivity index (χ2v) is 5.62. The molecular formula is C9H10F2N3O6P. The van der Waals surface area contributed by atoms with Crippen LogP contribution in [0.5, 0.6) is 0 Å². The molecule has 4 N–H and O–H groups in total. The molecule has 116 valence electrons. The van der Waals surface area contributed by atoms with Crippen LogP contribution in [-0.2, 0) is 14.0 Å². The maximum atomic E-state index is 13.7. The number of halogens is 2. The predicted octanol–water partition coefficient (Wildman–Crippen LogP) is -0.175. The molecule has 2 atom stereocenters. The molecule has 1 aliphatic heterocycles. The molecule has 2 rings (SSSR count). The Morgan fingerprint density at radius 3 is 2.81 bits per heavy atom. The summed E-state index contributed by atoms with van der Waals surface area (Å²) in [7, 11) is -4.46. The number of nitrogen functional groups attached to an aromatic ring is 1. The van der Waals surface area contributed by atoms with E-state index in [9.17, 15) is 18.1 Å². The minimum Gasteiger partial charge on any atom is -0.381 e. The quantitative estimate of drug-likeness (QED) is 0.649. The number of aromatic nitrogens is 2. The van der Waals surface area contributed by atoms with E-state index in [1.54, 1.807) is 0 Å². The van der Waals surface area contributed by atoms with E-state index >= 15 is 0 Å².